The van der Waals surface area contributed by atoms with Crippen LogP contribution in [0.2, 0.25) is 0 Å². The van der Waals surface area contributed by atoms with Gasteiger partial charge >= 0.3 is 0 Å². The molecule has 0 aromatic heterocycles. The zero-order valence-corrected chi connectivity index (χ0v) is 11.5. The Kier molecular flexibility index (Phi) is 3.49. The molecule has 90 valence electrons. The third-order valence-electron chi connectivity index (χ3n) is 4.11. The fourth-order valence-electron chi connectivity index (χ4n) is 3.37. The number of hydrogen-bond acceptors (Lipinski definition) is 0. The highest BCUT2D eigenvalue weighted by molar-refractivity contribution is 6.29. The van der Waals surface area contributed by atoms with Gasteiger partial charge in [-0.1, -0.05) is 37.9 Å². The van der Waals surface area contributed by atoms with E-state index in [2.05, 4.69) is 13.0 Å². The minimum Gasteiger partial charge on any atom is -0.0891 e. The van der Waals surface area contributed by atoms with E-state index < -0.39 is 0 Å². The lowest BCUT2D eigenvalue weighted by molar-refractivity contribution is 0.378. The number of fused-ring (bicyclic) bond motifs is 1. The highest BCUT2D eigenvalue weighted by atomic mass is 35.5. The molecule has 3 aliphatic carbocycles. The molecule has 3 aliphatic rings. The molecule has 1 spiro atoms. The summed E-state index contributed by atoms with van der Waals surface area (Å²) in [7, 11) is 0. The molecule has 0 N–H and O–H groups in total. The maximum Gasteiger partial charge on any atom is 0.0187 e. The average molecular weight is 239 g/mol. The van der Waals surface area contributed by atoms with Crippen LogP contribution in [0.1, 0.15) is 59.3 Å². The van der Waals surface area contributed by atoms with E-state index in [4.69, 9.17) is 11.6 Å². The number of allylic oxidation sites excluding steroid dienone is 4. The Morgan fingerprint density at radius 1 is 1.25 bits per heavy atom. The number of halogens is 1. The molecular formula is C15H23Cl. The van der Waals surface area contributed by atoms with Gasteiger partial charge in [0, 0.05) is 5.03 Å². The maximum atomic E-state index is 6.15. The van der Waals surface area contributed by atoms with Crippen molar-refractivity contribution in [3.05, 3.63) is 22.3 Å². The maximum absolute atomic E-state index is 6.15. The molecule has 0 aliphatic heterocycles. The second-order valence-electron chi connectivity index (χ2n) is 5.40. The van der Waals surface area contributed by atoms with Gasteiger partial charge in [-0.3, -0.25) is 0 Å². The molecule has 0 aromatic carbocycles. The van der Waals surface area contributed by atoms with E-state index in [9.17, 15) is 0 Å². The smallest absolute Gasteiger partial charge is 0.0187 e. The van der Waals surface area contributed by atoms with Crippen LogP contribution in [0, 0.1) is 11.3 Å². The fourth-order valence-corrected chi connectivity index (χ4v) is 3.57. The molecule has 1 unspecified atom stereocenters. The third kappa shape index (κ3) is 2.09. The molecule has 0 aromatic rings. The van der Waals surface area contributed by atoms with E-state index in [0.717, 1.165) is 17.4 Å². The van der Waals surface area contributed by atoms with Crippen molar-refractivity contribution in [1.82, 2.24) is 0 Å². The van der Waals surface area contributed by atoms with Crippen LogP contribution >= 0.6 is 11.6 Å². The summed E-state index contributed by atoms with van der Waals surface area (Å²) in [5.41, 5.74) is 3.96. The summed E-state index contributed by atoms with van der Waals surface area (Å²) in [6.45, 7) is 6.41. The molecule has 0 radical (unpaired) electrons. The van der Waals surface area contributed by atoms with Crippen LogP contribution in [0.15, 0.2) is 22.3 Å². The number of rotatable bonds is 0. The first-order valence-electron chi connectivity index (χ1n) is 6.78. The first-order valence-corrected chi connectivity index (χ1v) is 7.16. The molecule has 0 amide bonds. The third-order valence-corrected chi connectivity index (χ3v) is 4.40. The number of hydrogen-bond donors (Lipinski definition) is 0. The van der Waals surface area contributed by atoms with E-state index in [0.29, 0.717) is 5.41 Å². The molecule has 16 heavy (non-hydrogen) atoms. The van der Waals surface area contributed by atoms with Gasteiger partial charge in [0.15, 0.2) is 0 Å². The van der Waals surface area contributed by atoms with Gasteiger partial charge in [-0.25, -0.2) is 0 Å². The normalized spacial score (nSPS) is 30.2. The van der Waals surface area contributed by atoms with Crippen LogP contribution in [0.3, 0.4) is 0 Å². The van der Waals surface area contributed by atoms with Crippen LogP contribution in [-0.2, 0) is 0 Å². The Bertz CT molecular complexity index is 331. The van der Waals surface area contributed by atoms with Gasteiger partial charge in [0.25, 0.3) is 0 Å². The van der Waals surface area contributed by atoms with Crippen molar-refractivity contribution >= 4 is 11.6 Å². The molecule has 1 heteroatoms. The Morgan fingerprint density at radius 3 is 2.56 bits per heavy atom. The Labute approximate surface area is 105 Å². The Hall–Kier alpha value is -0.230. The van der Waals surface area contributed by atoms with Crippen molar-refractivity contribution in [3.8, 4) is 0 Å². The average Bonchev–Trinajstić information content (AvgIpc) is 3.03. The molecular weight excluding hydrogens is 216 g/mol. The summed E-state index contributed by atoms with van der Waals surface area (Å²) in [6.07, 6.45) is 10.2. The highest BCUT2D eigenvalue weighted by Gasteiger charge is 2.49. The van der Waals surface area contributed by atoms with Crippen LogP contribution in [0.5, 0.6) is 0 Å². The van der Waals surface area contributed by atoms with Crippen LogP contribution in [0.25, 0.3) is 0 Å². The van der Waals surface area contributed by atoms with Crippen molar-refractivity contribution in [3.63, 3.8) is 0 Å². The van der Waals surface area contributed by atoms with Crippen molar-refractivity contribution < 1.29 is 0 Å². The van der Waals surface area contributed by atoms with Crippen molar-refractivity contribution in [2.45, 2.75) is 59.3 Å². The standard InChI is InChI=1S/C13H17Cl.C2H6/c1-9-6-10-2-3-11(14)7-12(10)13(8-9)4-5-13;1-2/h7,9H,2-6,8H2,1H3;1-2H3. The topological polar surface area (TPSA) is 0 Å². The molecule has 0 heterocycles. The first-order chi connectivity index (χ1) is 7.70. The lowest BCUT2D eigenvalue weighted by Crippen LogP contribution is -2.20. The lowest BCUT2D eigenvalue weighted by Gasteiger charge is -2.33. The quantitative estimate of drug-likeness (QED) is 0.528. The predicted octanol–water partition coefficient (Wildman–Crippen LogP) is 5.44. The molecule has 1 atom stereocenters. The summed E-state index contributed by atoms with van der Waals surface area (Å²) < 4.78 is 0. The molecule has 0 bridgehead atoms. The summed E-state index contributed by atoms with van der Waals surface area (Å²) in [4.78, 5) is 0. The van der Waals surface area contributed by atoms with Gasteiger partial charge in [0.2, 0.25) is 0 Å². The monoisotopic (exact) mass is 238 g/mol. The van der Waals surface area contributed by atoms with E-state index in [1.807, 2.05) is 13.8 Å². The molecule has 0 saturated heterocycles. The second kappa shape index (κ2) is 4.56. The molecule has 0 nitrogen and oxygen atoms in total. The molecule has 1 saturated carbocycles. The van der Waals surface area contributed by atoms with Gasteiger partial charge in [-0.15, -0.1) is 0 Å². The van der Waals surface area contributed by atoms with Crippen molar-refractivity contribution in [2.75, 3.05) is 0 Å². The second-order valence-corrected chi connectivity index (χ2v) is 5.89. The summed E-state index contributed by atoms with van der Waals surface area (Å²) in [5.74, 6) is 0.904. The summed E-state index contributed by atoms with van der Waals surface area (Å²) in [5, 5.41) is 1.09. The van der Waals surface area contributed by atoms with Gasteiger partial charge in [0.1, 0.15) is 0 Å². The van der Waals surface area contributed by atoms with Crippen molar-refractivity contribution in [1.29, 1.82) is 0 Å². The minimum atomic E-state index is 0.591. The summed E-state index contributed by atoms with van der Waals surface area (Å²) in [6, 6.07) is 0. The predicted molar refractivity (Wildman–Crippen MR) is 71.6 cm³/mol. The van der Waals surface area contributed by atoms with E-state index in [-0.39, 0.29) is 0 Å². The molecule has 3 rings (SSSR count). The largest absolute Gasteiger partial charge is 0.0891 e. The van der Waals surface area contributed by atoms with E-state index in [1.165, 1.54) is 32.1 Å². The molecule has 1 fully saturated rings. The SMILES string of the molecule is CC.CC1CC2=C(C=C(Cl)CC2)C2(CC2)C1. The van der Waals surface area contributed by atoms with Gasteiger partial charge in [-0.2, -0.15) is 0 Å². The van der Waals surface area contributed by atoms with E-state index in [1.54, 1.807) is 11.1 Å². The van der Waals surface area contributed by atoms with Gasteiger partial charge < -0.3 is 0 Å². The van der Waals surface area contributed by atoms with Crippen molar-refractivity contribution in [2.24, 2.45) is 11.3 Å². The minimum absolute atomic E-state index is 0.591. The van der Waals surface area contributed by atoms with E-state index >= 15 is 0 Å². The van der Waals surface area contributed by atoms with Gasteiger partial charge in [0.05, 0.1) is 0 Å². The van der Waals surface area contributed by atoms with Gasteiger partial charge in [-0.05, 0) is 61.5 Å². The first kappa shape index (κ1) is 12.2. The fraction of sp³-hybridized carbons (Fsp3) is 0.733. The van der Waals surface area contributed by atoms with Crippen LogP contribution < -0.4 is 0 Å². The van der Waals surface area contributed by atoms with Crippen LogP contribution in [-0.4, -0.2) is 0 Å². The zero-order chi connectivity index (χ0) is 11.8. The summed E-state index contributed by atoms with van der Waals surface area (Å²) >= 11 is 6.15. The Morgan fingerprint density at radius 2 is 1.94 bits per heavy atom. The zero-order valence-electron chi connectivity index (χ0n) is 10.8. The Balaban J connectivity index is 0.000000457. The highest BCUT2D eigenvalue weighted by Crippen LogP contribution is 2.62. The lowest BCUT2D eigenvalue weighted by atomic mass is 9.72. The van der Waals surface area contributed by atoms with Crippen LogP contribution in [0.4, 0.5) is 0 Å².